The Hall–Kier alpha value is -2.57. The zero-order valence-electron chi connectivity index (χ0n) is 14.9. The molecule has 3 rings (SSSR count). The zero-order valence-corrected chi connectivity index (χ0v) is 16.4. The van der Waals surface area contributed by atoms with Crippen molar-refractivity contribution in [3.63, 3.8) is 0 Å². The third kappa shape index (κ3) is 4.59. The number of aryl methyl sites for hydroxylation is 2. The van der Waals surface area contributed by atoms with Crippen molar-refractivity contribution >= 4 is 35.1 Å². The van der Waals surface area contributed by atoms with Gasteiger partial charge in [0.15, 0.2) is 6.10 Å². The van der Waals surface area contributed by atoms with Crippen molar-refractivity contribution in [3.05, 3.63) is 57.6 Å². The Morgan fingerprint density at radius 2 is 1.89 bits per heavy atom. The van der Waals surface area contributed by atoms with Crippen molar-refractivity contribution in [3.8, 4) is 17.2 Å². The van der Waals surface area contributed by atoms with Crippen LogP contribution in [0.2, 0.25) is 10.0 Å². The minimum Gasteiger partial charge on any atom is -0.481 e. The fourth-order valence-corrected chi connectivity index (χ4v) is 2.76. The molecule has 0 aliphatic rings. The Morgan fingerprint density at radius 3 is 2.56 bits per heavy atom. The summed E-state index contributed by atoms with van der Waals surface area (Å²) in [4.78, 5) is 16.5. The molecule has 0 bridgehead atoms. The standard InChI is InChI=1S/C19H17Cl2N3O3/c1-10-7-15(8-11(2)16(10)21)26-12(3)17(25)22-19-23-18(27-24-19)13-5-4-6-14(20)9-13/h4-9,12H,1-3H3,(H,22,24,25)/t12-/m1/s1. The van der Waals surface area contributed by atoms with Gasteiger partial charge in [0.1, 0.15) is 5.75 Å². The third-order valence-corrected chi connectivity index (χ3v) is 4.66. The first-order chi connectivity index (χ1) is 12.8. The van der Waals surface area contributed by atoms with E-state index in [1.165, 1.54) is 0 Å². The number of halogens is 2. The average Bonchev–Trinajstić information content (AvgIpc) is 3.08. The quantitative estimate of drug-likeness (QED) is 0.641. The lowest BCUT2D eigenvalue weighted by Gasteiger charge is -2.15. The molecule has 2 aromatic carbocycles. The van der Waals surface area contributed by atoms with Gasteiger partial charge >= 0.3 is 0 Å². The van der Waals surface area contributed by atoms with Crippen LogP contribution in [0, 0.1) is 13.8 Å². The number of hydrogen-bond donors (Lipinski definition) is 1. The van der Waals surface area contributed by atoms with Gasteiger partial charge in [0.25, 0.3) is 17.7 Å². The number of ether oxygens (including phenoxy) is 1. The number of amides is 1. The van der Waals surface area contributed by atoms with Gasteiger partial charge in [-0.05, 0) is 67.4 Å². The number of nitrogens with zero attached hydrogens (tertiary/aromatic N) is 2. The highest BCUT2D eigenvalue weighted by atomic mass is 35.5. The topological polar surface area (TPSA) is 77.2 Å². The smallest absolute Gasteiger partial charge is 0.270 e. The maximum Gasteiger partial charge on any atom is 0.270 e. The molecule has 0 aliphatic heterocycles. The molecule has 0 saturated carbocycles. The van der Waals surface area contributed by atoms with Crippen molar-refractivity contribution < 1.29 is 14.1 Å². The second-order valence-electron chi connectivity index (χ2n) is 6.05. The van der Waals surface area contributed by atoms with Crippen molar-refractivity contribution in [2.45, 2.75) is 26.9 Å². The number of carbonyl (C=O) groups excluding carboxylic acids is 1. The maximum atomic E-state index is 12.3. The van der Waals surface area contributed by atoms with E-state index in [0.29, 0.717) is 21.4 Å². The van der Waals surface area contributed by atoms with Gasteiger partial charge in [-0.3, -0.25) is 10.1 Å². The lowest BCUT2D eigenvalue weighted by molar-refractivity contribution is -0.122. The number of carbonyl (C=O) groups is 1. The van der Waals surface area contributed by atoms with Crippen LogP contribution in [0.5, 0.6) is 5.75 Å². The SMILES string of the molecule is Cc1cc(O[C@H](C)C(=O)Nc2noc(-c3cccc(Cl)c3)n2)cc(C)c1Cl. The highest BCUT2D eigenvalue weighted by Gasteiger charge is 2.19. The summed E-state index contributed by atoms with van der Waals surface area (Å²) in [5.74, 6) is 0.461. The van der Waals surface area contributed by atoms with Crippen LogP contribution in [0.25, 0.3) is 11.5 Å². The zero-order chi connectivity index (χ0) is 19.6. The minimum atomic E-state index is -0.766. The number of aromatic nitrogens is 2. The van der Waals surface area contributed by atoms with E-state index >= 15 is 0 Å². The molecule has 1 atom stereocenters. The minimum absolute atomic E-state index is 0.0499. The first-order valence-electron chi connectivity index (χ1n) is 8.17. The van der Waals surface area contributed by atoms with E-state index in [9.17, 15) is 4.79 Å². The van der Waals surface area contributed by atoms with Crippen LogP contribution in [0.3, 0.4) is 0 Å². The molecule has 27 heavy (non-hydrogen) atoms. The van der Waals surface area contributed by atoms with Crippen molar-refractivity contribution in [2.24, 2.45) is 0 Å². The Balaban J connectivity index is 1.67. The largest absolute Gasteiger partial charge is 0.481 e. The van der Waals surface area contributed by atoms with Gasteiger partial charge in [0.2, 0.25) is 0 Å². The summed E-state index contributed by atoms with van der Waals surface area (Å²) in [6.45, 7) is 5.39. The van der Waals surface area contributed by atoms with Crippen LogP contribution in [-0.2, 0) is 4.79 Å². The van der Waals surface area contributed by atoms with Crippen LogP contribution >= 0.6 is 23.2 Å². The van der Waals surface area contributed by atoms with Gasteiger partial charge in [-0.2, -0.15) is 4.98 Å². The molecule has 0 saturated heterocycles. The maximum absolute atomic E-state index is 12.3. The molecule has 0 radical (unpaired) electrons. The summed E-state index contributed by atoms with van der Waals surface area (Å²) in [5.41, 5.74) is 2.42. The predicted molar refractivity (Wildman–Crippen MR) is 104 cm³/mol. The third-order valence-electron chi connectivity index (χ3n) is 3.82. The van der Waals surface area contributed by atoms with Gasteiger partial charge in [-0.1, -0.05) is 29.3 Å². The summed E-state index contributed by atoms with van der Waals surface area (Å²) in [6.07, 6.45) is -0.766. The number of nitrogens with one attached hydrogen (secondary N) is 1. The lowest BCUT2D eigenvalue weighted by Crippen LogP contribution is -2.30. The normalized spacial score (nSPS) is 11.9. The summed E-state index contributed by atoms with van der Waals surface area (Å²) < 4.78 is 10.9. The van der Waals surface area contributed by atoms with E-state index in [-0.39, 0.29) is 11.8 Å². The molecular weight excluding hydrogens is 389 g/mol. The van der Waals surface area contributed by atoms with Gasteiger partial charge in [-0.15, -0.1) is 0 Å². The van der Waals surface area contributed by atoms with Gasteiger partial charge < -0.3 is 9.26 Å². The van der Waals surface area contributed by atoms with Gasteiger partial charge in [0.05, 0.1) is 0 Å². The molecule has 0 spiro atoms. The van der Waals surface area contributed by atoms with E-state index in [2.05, 4.69) is 15.5 Å². The van der Waals surface area contributed by atoms with E-state index in [1.807, 2.05) is 13.8 Å². The highest BCUT2D eigenvalue weighted by Crippen LogP contribution is 2.27. The summed E-state index contributed by atoms with van der Waals surface area (Å²) >= 11 is 12.1. The first-order valence-corrected chi connectivity index (χ1v) is 8.93. The molecule has 3 aromatic rings. The molecule has 8 heteroatoms. The van der Waals surface area contributed by atoms with E-state index in [0.717, 1.165) is 11.1 Å². The summed E-state index contributed by atoms with van der Waals surface area (Å²) in [6, 6.07) is 10.5. The number of benzene rings is 2. The molecule has 6 nitrogen and oxygen atoms in total. The van der Waals surface area contributed by atoms with Crippen LogP contribution < -0.4 is 10.1 Å². The predicted octanol–water partition coefficient (Wildman–Crippen LogP) is 5.07. The summed E-state index contributed by atoms with van der Waals surface area (Å²) in [5, 5.41) is 7.55. The monoisotopic (exact) mass is 405 g/mol. The fourth-order valence-electron chi connectivity index (χ4n) is 2.46. The van der Waals surface area contributed by atoms with Gasteiger partial charge in [0, 0.05) is 15.6 Å². The average molecular weight is 406 g/mol. The molecule has 1 N–H and O–H groups in total. The van der Waals surface area contributed by atoms with E-state index in [1.54, 1.807) is 43.3 Å². The lowest BCUT2D eigenvalue weighted by atomic mass is 10.1. The molecule has 0 fully saturated rings. The number of hydrogen-bond acceptors (Lipinski definition) is 5. The van der Waals surface area contributed by atoms with Crippen molar-refractivity contribution in [1.29, 1.82) is 0 Å². The second kappa shape index (κ2) is 7.98. The van der Waals surface area contributed by atoms with E-state index in [4.69, 9.17) is 32.5 Å². The Bertz CT molecular complexity index is 965. The van der Waals surface area contributed by atoms with Crippen LogP contribution in [0.4, 0.5) is 5.95 Å². The van der Waals surface area contributed by atoms with Crippen molar-refractivity contribution in [2.75, 3.05) is 5.32 Å². The molecule has 1 aromatic heterocycles. The highest BCUT2D eigenvalue weighted by molar-refractivity contribution is 6.32. The van der Waals surface area contributed by atoms with Crippen molar-refractivity contribution in [1.82, 2.24) is 10.1 Å². The molecule has 0 aliphatic carbocycles. The van der Waals surface area contributed by atoms with E-state index < -0.39 is 12.0 Å². The Kier molecular flexibility index (Phi) is 5.68. The number of anilines is 1. The molecule has 0 unspecified atom stereocenters. The van der Waals surface area contributed by atoms with Crippen LogP contribution in [-0.4, -0.2) is 22.2 Å². The molecular formula is C19H17Cl2N3O3. The Morgan fingerprint density at radius 1 is 1.19 bits per heavy atom. The molecule has 140 valence electrons. The first kappa shape index (κ1) is 19.2. The summed E-state index contributed by atoms with van der Waals surface area (Å²) in [7, 11) is 0. The molecule has 1 heterocycles. The van der Waals surface area contributed by atoms with Crippen LogP contribution in [0.15, 0.2) is 40.9 Å². The Labute approximate surface area is 166 Å². The number of rotatable bonds is 5. The van der Waals surface area contributed by atoms with Gasteiger partial charge in [-0.25, -0.2) is 0 Å². The molecule has 1 amide bonds. The second-order valence-corrected chi connectivity index (χ2v) is 6.87. The fraction of sp³-hybridized carbons (Fsp3) is 0.211. The van der Waals surface area contributed by atoms with Crippen LogP contribution in [0.1, 0.15) is 18.1 Å².